The molecule has 14 heavy (non-hydrogen) atoms. The van der Waals surface area contributed by atoms with Gasteiger partial charge in [-0.25, -0.2) is 0 Å². The Morgan fingerprint density at radius 2 is 1.93 bits per heavy atom. The predicted molar refractivity (Wildman–Crippen MR) is 59.1 cm³/mol. The van der Waals surface area contributed by atoms with Crippen LogP contribution in [0.1, 0.15) is 32.1 Å². The van der Waals surface area contributed by atoms with Crippen LogP contribution in [0.2, 0.25) is 0 Å². The molecule has 2 bridgehead atoms. The second kappa shape index (κ2) is 2.96. The lowest BCUT2D eigenvalue weighted by molar-refractivity contribution is 0.0616. The highest BCUT2D eigenvalue weighted by molar-refractivity contribution is 5.25. The Bertz CT molecular complexity index is 276. The molecule has 2 atom stereocenters. The molecule has 1 heteroatoms. The van der Waals surface area contributed by atoms with Crippen molar-refractivity contribution < 1.29 is 0 Å². The Labute approximate surface area is 86.5 Å². The smallest absolute Gasteiger partial charge is 0.0307 e. The molecule has 0 aromatic rings. The summed E-state index contributed by atoms with van der Waals surface area (Å²) in [6.07, 6.45) is 16.3. The number of hydrogen-bond donors (Lipinski definition) is 0. The summed E-state index contributed by atoms with van der Waals surface area (Å²) < 4.78 is 0. The van der Waals surface area contributed by atoms with Crippen LogP contribution in [0.15, 0.2) is 24.3 Å². The lowest BCUT2D eigenvalue weighted by Gasteiger charge is -2.45. The molecule has 0 unspecified atom stereocenters. The minimum Gasteiger partial charge on any atom is -0.297 e. The first-order chi connectivity index (χ1) is 6.83. The van der Waals surface area contributed by atoms with Crippen LogP contribution in [0.3, 0.4) is 0 Å². The van der Waals surface area contributed by atoms with Crippen LogP contribution in [0.25, 0.3) is 0 Å². The van der Waals surface area contributed by atoms with Crippen molar-refractivity contribution in [2.45, 2.75) is 43.7 Å². The van der Waals surface area contributed by atoms with E-state index < -0.39 is 0 Å². The van der Waals surface area contributed by atoms with Gasteiger partial charge < -0.3 is 0 Å². The Hall–Kier alpha value is -0.560. The van der Waals surface area contributed by atoms with E-state index in [1.54, 1.807) is 0 Å². The number of nitrogens with zero attached hydrogens (tertiary/aromatic N) is 1. The standard InChI is InChI=1S/C13H19N/c1-14-12-7-4-9-13(14,10-8-12)11-5-2-3-6-11/h2-3,5-6,11-12H,4,7-10H2,1H3/t12-,13+/m1/s1. The molecule has 3 rings (SSSR count). The van der Waals surface area contributed by atoms with E-state index in [0.717, 1.165) is 6.04 Å². The fourth-order valence-electron chi connectivity index (χ4n) is 3.79. The largest absolute Gasteiger partial charge is 0.297 e. The van der Waals surface area contributed by atoms with E-state index in [1.807, 2.05) is 0 Å². The molecule has 0 saturated carbocycles. The number of allylic oxidation sites excluding steroid dienone is 2. The van der Waals surface area contributed by atoms with Gasteiger partial charge in [-0.2, -0.15) is 0 Å². The van der Waals surface area contributed by atoms with E-state index in [2.05, 4.69) is 36.3 Å². The molecule has 1 nitrogen and oxygen atoms in total. The quantitative estimate of drug-likeness (QED) is 0.613. The second-order valence-electron chi connectivity index (χ2n) is 5.09. The van der Waals surface area contributed by atoms with Crippen molar-refractivity contribution in [1.29, 1.82) is 0 Å². The molecule has 0 aromatic heterocycles. The Morgan fingerprint density at radius 1 is 1.14 bits per heavy atom. The van der Waals surface area contributed by atoms with Crippen LogP contribution >= 0.6 is 0 Å². The summed E-state index contributed by atoms with van der Waals surface area (Å²) in [5, 5.41) is 0. The van der Waals surface area contributed by atoms with Crippen LogP contribution in [0.5, 0.6) is 0 Å². The summed E-state index contributed by atoms with van der Waals surface area (Å²) in [6.45, 7) is 0. The van der Waals surface area contributed by atoms with Gasteiger partial charge in [0.25, 0.3) is 0 Å². The lowest BCUT2D eigenvalue weighted by Crippen LogP contribution is -2.51. The fourth-order valence-corrected chi connectivity index (χ4v) is 3.79. The van der Waals surface area contributed by atoms with E-state index in [0.29, 0.717) is 11.5 Å². The third-order valence-electron chi connectivity index (χ3n) is 4.68. The second-order valence-corrected chi connectivity index (χ2v) is 5.09. The summed E-state index contributed by atoms with van der Waals surface area (Å²) in [4.78, 5) is 2.68. The average Bonchev–Trinajstić information content (AvgIpc) is 2.75. The summed E-state index contributed by atoms with van der Waals surface area (Å²) in [6, 6.07) is 0.881. The van der Waals surface area contributed by atoms with E-state index in [1.165, 1.54) is 32.1 Å². The molecule has 0 spiro atoms. The van der Waals surface area contributed by atoms with Gasteiger partial charge in [0.2, 0.25) is 0 Å². The zero-order chi connectivity index (χ0) is 9.60. The normalized spacial score (nSPS) is 42.5. The maximum atomic E-state index is 2.68. The minimum absolute atomic E-state index is 0.492. The first-order valence-electron chi connectivity index (χ1n) is 5.91. The molecule has 0 aromatic carbocycles. The zero-order valence-electron chi connectivity index (χ0n) is 8.95. The molecular weight excluding hydrogens is 170 g/mol. The highest BCUT2D eigenvalue weighted by Gasteiger charge is 2.49. The van der Waals surface area contributed by atoms with Gasteiger partial charge in [-0.05, 0) is 32.7 Å². The predicted octanol–water partition coefficient (Wildman–Crippen LogP) is 2.75. The third kappa shape index (κ3) is 0.993. The van der Waals surface area contributed by atoms with Crippen molar-refractivity contribution in [3.8, 4) is 0 Å². The van der Waals surface area contributed by atoms with Crippen LogP contribution in [0.4, 0.5) is 0 Å². The number of fused-ring (bicyclic) bond motifs is 2. The van der Waals surface area contributed by atoms with Gasteiger partial charge in [0.05, 0.1) is 0 Å². The van der Waals surface area contributed by atoms with Gasteiger partial charge >= 0.3 is 0 Å². The minimum atomic E-state index is 0.492. The van der Waals surface area contributed by atoms with Crippen molar-refractivity contribution in [3.05, 3.63) is 24.3 Å². The van der Waals surface area contributed by atoms with Crippen LogP contribution < -0.4 is 0 Å². The van der Waals surface area contributed by atoms with Gasteiger partial charge in [-0.3, -0.25) is 4.90 Å². The molecule has 0 radical (unpaired) electrons. The van der Waals surface area contributed by atoms with Crippen LogP contribution in [-0.2, 0) is 0 Å². The Balaban J connectivity index is 1.94. The van der Waals surface area contributed by atoms with Crippen molar-refractivity contribution >= 4 is 0 Å². The molecule has 0 amide bonds. The number of rotatable bonds is 1. The van der Waals surface area contributed by atoms with E-state index >= 15 is 0 Å². The average molecular weight is 189 g/mol. The van der Waals surface area contributed by atoms with Gasteiger partial charge in [-0.1, -0.05) is 30.7 Å². The monoisotopic (exact) mass is 189 g/mol. The molecule has 2 fully saturated rings. The highest BCUT2D eigenvalue weighted by Crippen LogP contribution is 2.48. The van der Waals surface area contributed by atoms with Gasteiger partial charge in [0.15, 0.2) is 0 Å². The van der Waals surface area contributed by atoms with Crippen molar-refractivity contribution in [2.24, 2.45) is 5.92 Å². The van der Waals surface area contributed by atoms with E-state index in [-0.39, 0.29) is 0 Å². The molecule has 76 valence electrons. The van der Waals surface area contributed by atoms with E-state index in [9.17, 15) is 0 Å². The Kier molecular flexibility index (Phi) is 1.85. The highest BCUT2D eigenvalue weighted by atomic mass is 15.2. The summed E-state index contributed by atoms with van der Waals surface area (Å²) >= 11 is 0. The maximum Gasteiger partial charge on any atom is 0.0307 e. The van der Waals surface area contributed by atoms with Gasteiger partial charge in [0.1, 0.15) is 0 Å². The lowest BCUT2D eigenvalue weighted by atomic mass is 9.78. The van der Waals surface area contributed by atoms with E-state index in [4.69, 9.17) is 0 Å². The molecule has 2 heterocycles. The zero-order valence-corrected chi connectivity index (χ0v) is 8.95. The molecule has 1 aliphatic carbocycles. The fraction of sp³-hybridized carbons (Fsp3) is 0.692. The molecule has 3 aliphatic rings. The molecular formula is C13H19N. The maximum absolute atomic E-state index is 2.68. The summed E-state index contributed by atoms with van der Waals surface area (Å²) in [5.41, 5.74) is 0.492. The molecule has 2 saturated heterocycles. The van der Waals surface area contributed by atoms with Crippen LogP contribution in [0, 0.1) is 5.92 Å². The molecule has 2 aliphatic heterocycles. The third-order valence-corrected chi connectivity index (χ3v) is 4.68. The summed E-state index contributed by atoms with van der Waals surface area (Å²) in [5.74, 6) is 0.692. The SMILES string of the molecule is CN1[C@@H]2CCC[C@@]1(C1C=CC=C1)CC2. The van der Waals surface area contributed by atoms with Gasteiger partial charge in [-0.15, -0.1) is 0 Å². The van der Waals surface area contributed by atoms with Crippen LogP contribution in [-0.4, -0.2) is 23.5 Å². The van der Waals surface area contributed by atoms with Crippen molar-refractivity contribution in [3.63, 3.8) is 0 Å². The topological polar surface area (TPSA) is 3.24 Å². The van der Waals surface area contributed by atoms with Crippen molar-refractivity contribution in [1.82, 2.24) is 4.90 Å². The first-order valence-corrected chi connectivity index (χ1v) is 5.91. The summed E-state index contributed by atoms with van der Waals surface area (Å²) in [7, 11) is 2.34. The number of piperidine rings is 1. The molecule has 0 N–H and O–H groups in total. The van der Waals surface area contributed by atoms with Crippen molar-refractivity contribution in [2.75, 3.05) is 7.05 Å². The Morgan fingerprint density at radius 3 is 2.71 bits per heavy atom. The first kappa shape index (κ1) is 8.72. The van der Waals surface area contributed by atoms with Gasteiger partial charge in [0, 0.05) is 17.5 Å². The number of hydrogen-bond acceptors (Lipinski definition) is 1.